The minimum Gasteiger partial charge on any atom is -0.469 e. The van der Waals surface area contributed by atoms with Gasteiger partial charge in [-0.15, -0.1) is 0 Å². The van der Waals surface area contributed by atoms with E-state index in [0.29, 0.717) is 12.1 Å². The van der Waals surface area contributed by atoms with E-state index in [2.05, 4.69) is 9.72 Å². The average molecular weight is 250 g/mol. The van der Waals surface area contributed by atoms with E-state index in [1.54, 1.807) is 32.4 Å². The third-order valence-electron chi connectivity index (χ3n) is 2.75. The van der Waals surface area contributed by atoms with Crippen molar-refractivity contribution in [3.8, 4) is 0 Å². The van der Waals surface area contributed by atoms with Gasteiger partial charge in [0.15, 0.2) is 0 Å². The van der Waals surface area contributed by atoms with Crippen LogP contribution in [0, 0.1) is 12.8 Å². The van der Waals surface area contributed by atoms with Crippen molar-refractivity contribution in [2.24, 2.45) is 5.92 Å². The molecule has 1 atom stereocenters. The van der Waals surface area contributed by atoms with Gasteiger partial charge in [-0.2, -0.15) is 0 Å². The Hall–Kier alpha value is -1.91. The fourth-order valence-electron chi connectivity index (χ4n) is 1.69. The van der Waals surface area contributed by atoms with Crippen molar-refractivity contribution in [3.63, 3.8) is 0 Å². The highest BCUT2D eigenvalue weighted by atomic mass is 16.5. The molecule has 5 nitrogen and oxygen atoms in total. The van der Waals surface area contributed by atoms with E-state index in [-0.39, 0.29) is 17.8 Å². The zero-order valence-corrected chi connectivity index (χ0v) is 11.1. The van der Waals surface area contributed by atoms with E-state index in [9.17, 15) is 9.59 Å². The van der Waals surface area contributed by atoms with Crippen LogP contribution in [-0.2, 0) is 9.53 Å². The number of hydrogen-bond acceptors (Lipinski definition) is 4. The molecule has 98 valence electrons. The molecule has 0 aliphatic heterocycles. The summed E-state index contributed by atoms with van der Waals surface area (Å²) in [6.07, 6.45) is 3.22. The third kappa shape index (κ3) is 3.29. The summed E-state index contributed by atoms with van der Waals surface area (Å²) in [4.78, 5) is 28.9. The quantitative estimate of drug-likeness (QED) is 0.755. The highest BCUT2D eigenvalue weighted by Gasteiger charge is 2.20. The Morgan fingerprint density at radius 2 is 2.17 bits per heavy atom. The fourth-order valence-corrected chi connectivity index (χ4v) is 1.69. The molecule has 0 bridgehead atoms. The van der Waals surface area contributed by atoms with Gasteiger partial charge < -0.3 is 9.64 Å². The normalized spacial score (nSPS) is 11.8. The predicted octanol–water partition coefficient (Wildman–Crippen LogP) is 1.27. The van der Waals surface area contributed by atoms with Crippen LogP contribution in [0.25, 0.3) is 0 Å². The van der Waals surface area contributed by atoms with E-state index >= 15 is 0 Å². The summed E-state index contributed by atoms with van der Waals surface area (Å²) in [5.41, 5.74) is 1.42. The summed E-state index contributed by atoms with van der Waals surface area (Å²) < 4.78 is 4.64. The number of esters is 1. The van der Waals surface area contributed by atoms with Gasteiger partial charge >= 0.3 is 5.97 Å². The second-order valence-corrected chi connectivity index (χ2v) is 4.30. The number of carbonyl (C=O) groups is 2. The molecule has 1 rings (SSSR count). The maximum atomic E-state index is 12.2. The molecule has 0 aliphatic rings. The predicted molar refractivity (Wildman–Crippen MR) is 67.1 cm³/mol. The Bertz CT molecular complexity index is 446. The summed E-state index contributed by atoms with van der Waals surface area (Å²) >= 11 is 0. The van der Waals surface area contributed by atoms with Gasteiger partial charge in [0.2, 0.25) is 0 Å². The molecule has 18 heavy (non-hydrogen) atoms. The minimum atomic E-state index is -0.342. The first kappa shape index (κ1) is 14.2. The van der Waals surface area contributed by atoms with Gasteiger partial charge in [0.1, 0.15) is 0 Å². The van der Waals surface area contributed by atoms with Gasteiger partial charge in [0, 0.05) is 31.5 Å². The topological polar surface area (TPSA) is 59.5 Å². The number of aromatic nitrogens is 1. The summed E-state index contributed by atoms with van der Waals surface area (Å²) in [5, 5.41) is 0. The molecule has 5 heteroatoms. The number of rotatable bonds is 4. The Balaban J connectivity index is 2.74. The van der Waals surface area contributed by atoms with Gasteiger partial charge in [-0.3, -0.25) is 14.6 Å². The van der Waals surface area contributed by atoms with Gasteiger partial charge in [-0.25, -0.2) is 0 Å². The summed E-state index contributed by atoms with van der Waals surface area (Å²) in [5.74, 6) is -0.780. The summed E-state index contributed by atoms with van der Waals surface area (Å²) in [6, 6.07) is 1.68. The number of ether oxygens (including phenoxy) is 1. The van der Waals surface area contributed by atoms with Gasteiger partial charge in [-0.05, 0) is 18.6 Å². The molecule has 1 heterocycles. The second kappa shape index (κ2) is 6.14. The molecule has 0 spiro atoms. The molecule has 1 aromatic heterocycles. The van der Waals surface area contributed by atoms with Crippen LogP contribution in [0.3, 0.4) is 0 Å². The number of methoxy groups -OCH3 is 1. The highest BCUT2D eigenvalue weighted by Crippen LogP contribution is 2.10. The Morgan fingerprint density at radius 1 is 1.50 bits per heavy atom. The largest absolute Gasteiger partial charge is 0.469 e. The minimum absolute atomic E-state index is 0.120. The number of amides is 1. The van der Waals surface area contributed by atoms with Crippen molar-refractivity contribution in [3.05, 3.63) is 29.6 Å². The lowest BCUT2D eigenvalue weighted by molar-refractivity contribution is -0.145. The molecule has 0 aromatic carbocycles. The standard InChI is InChI=1S/C13H18N2O3/c1-9-7-14-6-5-11(9)12(16)15(3)8-10(2)13(17)18-4/h5-7,10H,8H2,1-4H3. The van der Waals surface area contributed by atoms with Crippen LogP contribution in [0.2, 0.25) is 0 Å². The Labute approximate surface area is 107 Å². The van der Waals surface area contributed by atoms with Crippen molar-refractivity contribution in [2.45, 2.75) is 13.8 Å². The maximum Gasteiger partial charge on any atom is 0.310 e. The lowest BCUT2D eigenvalue weighted by atomic mass is 10.1. The first-order chi connectivity index (χ1) is 8.47. The first-order valence-electron chi connectivity index (χ1n) is 5.71. The van der Waals surface area contributed by atoms with E-state index < -0.39 is 0 Å². The molecule has 0 aliphatic carbocycles. The lowest BCUT2D eigenvalue weighted by Crippen LogP contribution is -2.34. The zero-order chi connectivity index (χ0) is 13.7. The molecule has 0 fully saturated rings. The Kier molecular flexibility index (Phi) is 4.83. The lowest BCUT2D eigenvalue weighted by Gasteiger charge is -2.21. The molecule has 0 N–H and O–H groups in total. The highest BCUT2D eigenvalue weighted by molar-refractivity contribution is 5.95. The van der Waals surface area contributed by atoms with Crippen molar-refractivity contribution in [2.75, 3.05) is 20.7 Å². The van der Waals surface area contributed by atoms with E-state index in [1.165, 1.54) is 12.0 Å². The van der Waals surface area contributed by atoms with Crippen LogP contribution >= 0.6 is 0 Å². The van der Waals surface area contributed by atoms with Crippen LogP contribution < -0.4 is 0 Å². The van der Waals surface area contributed by atoms with Crippen LogP contribution in [0.1, 0.15) is 22.8 Å². The van der Waals surface area contributed by atoms with Gasteiger partial charge in [-0.1, -0.05) is 6.92 Å². The van der Waals surface area contributed by atoms with Crippen molar-refractivity contribution in [1.82, 2.24) is 9.88 Å². The number of nitrogens with zero attached hydrogens (tertiary/aromatic N) is 2. The number of carbonyl (C=O) groups excluding carboxylic acids is 2. The second-order valence-electron chi connectivity index (χ2n) is 4.30. The molecule has 0 saturated heterocycles. The van der Waals surface area contributed by atoms with Crippen molar-refractivity contribution >= 4 is 11.9 Å². The van der Waals surface area contributed by atoms with E-state index in [4.69, 9.17) is 0 Å². The molecular weight excluding hydrogens is 232 g/mol. The number of aryl methyl sites for hydroxylation is 1. The van der Waals surface area contributed by atoms with Gasteiger partial charge in [0.25, 0.3) is 5.91 Å². The summed E-state index contributed by atoms with van der Waals surface area (Å²) in [6.45, 7) is 3.89. The van der Waals surface area contributed by atoms with E-state index in [0.717, 1.165) is 5.56 Å². The maximum absolute atomic E-state index is 12.2. The molecule has 1 unspecified atom stereocenters. The molecule has 1 amide bonds. The van der Waals surface area contributed by atoms with Crippen molar-refractivity contribution < 1.29 is 14.3 Å². The van der Waals surface area contributed by atoms with E-state index in [1.807, 2.05) is 6.92 Å². The molecule has 0 radical (unpaired) electrons. The summed E-state index contributed by atoms with van der Waals surface area (Å²) in [7, 11) is 3.01. The molecule has 1 aromatic rings. The van der Waals surface area contributed by atoms with Crippen LogP contribution in [-0.4, -0.2) is 42.5 Å². The van der Waals surface area contributed by atoms with Crippen molar-refractivity contribution in [1.29, 1.82) is 0 Å². The van der Waals surface area contributed by atoms with Crippen LogP contribution in [0.4, 0.5) is 0 Å². The van der Waals surface area contributed by atoms with Crippen LogP contribution in [0.15, 0.2) is 18.5 Å². The third-order valence-corrected chi connectivity index (χ3v) is 2.75. The van der Waals surface area contributed by atoms with Gasteiger partial charge in [0.05, 0.1) is 13.0 Å². The fraction of sp³-hybridized carbons (Fsp3) is 0.462. The SMILES string of the molecule is COC(=O)C(C)CN(C)C(=O)c1ccncc1C. The monoisotopic (exact) mass is 250 g/mol. The zero-order valence-electron chi connectivity index (χ0n) is 11.1. The Morgan fingerprint density at radius 3 is 2.72 bits per heavy atom. The van der Waals surface area contributed by atoms with Crippen LogP contribution in [0.5, 0.6) is 0 Å². The number of hydrogen-bond donors (Lipinski definition) is 0. The molecule has 0 saturated carbocycles. The smallest absolute Gasteiger partial charge is 0.310 e. The average Bonchev–Trinajstić information content (AvgIpc) is 2.37. The first-order valence-corrected chi connectivity index (χ1v) is 5.71. The molecular formula is C13H18N2O3. The number of pyridine rings is 1.